The fourth-order valence-electron chi connectivity index (χ4n) is 2.57. The van der Waals surface area contributed by atoms with Crippen LogP contribution in [0.4, 0.5) is 5.82 Å². The Kier molecular flexibility index (Phi) is 4.55. The van der Waals surface area contributed by atoms with E-state index in [0.29, 0.717) is 6.04 Å². The van der Waals surface area contributed by atoms with Crippen LogP contribution in [0.15, 0.2) is 18.3 Å². The smallest absolute Gasteiger partial charge is 0.128 e. The van der Waals surface area contributed by atoms with Crippen LogP contribution >= 0.6 is 0 Å². The van der Waals surface area contributed by atoms with E-state index in [0.717, 1.165) is 18.9 Å². The molecule has 1 N–H and O–H groups in total. The van der Waals surface area contributed by atoms with Gasteiger partial charge in [-0.25, -0.2) is 4.98 Å². The fourth-order valence-corrected chi connectivity index (χ4v) is 2.57. The van der Waals surface area contributed by atoms with Gasteiger partial charge in [-0.1, -0.05) is 6.07 Å². The van der Waals surface area contributed by atoms with Gasteiger partial charge in [0.1, 0.15) is 5.82 Å². The van der Waals surface area contributed by atoms with Gasteiger partial charge in [-0.3, -0.25) is 0 Å². The molecule has 1 atom stereocenters. The maximum atomic E-state index is 4.53. The zero-order chi connectivity index (χ0) is 13.0. The van der Waals surface area contributed by atoms with Crippen molar-refractivity contribution in [2.45, 2.75) is 25.4 Å². The first-order valence-electron chi connectivity index (χ1n) is 6.71. The molecule has 0 spiro atoms. The van der Waals surface area contributed by atoms with Crippen LogP contribution in [0.3, 0.4) is 0 Å². The quantitative estimate of drug-likeness (QED) is 0.852. The normalized spacial score (nSPS) is 20.3. The maximum absolute atomic E-state index is 4.53. The van der Waals surface area contributed by atoms with Gasteiger partial charge in [-0.05, 0) is 45.1 Å². The molecule has 4 heteroatoms. The Morgan fingerprint density at radius 1 is 1.50 bits per heavy atom. The van der Waals surface area contributed by atoms with Gasteiger partial charge in [0.25, 0.3) is 0 Å². The average Bonchev–Trinajstić information content (AvgIpc) is 2.76. The molecule has 0 amide bonds. The van der Waals surface area contributed by atoms with Crippen LogP contribution in [-0.4, -0.2) is 50.2 Å². The lowest BCUT2D eigenvalue weighted by molar-refractivity contribution is 0.314. The Bertz CT molecular complexity index is 363. The highest BCUT2D eigenvalue weighted by molar-refractivity contribution is 5.38. The molecular weight excluding hydrogens is 224 g/mol. The van der Waals surface area contributed by atoms with Crippen molar-refractivity contribution < 1.29 is 0 Å². The first-order chi connectivity index (χ1) is 8.70. The summed E-state index contributed by atoms with van der Waals surface area (Å²) >= 11 is 0. The van der Waals surface area contributed by atoms with Crippen LogP contribution in [0.1, 0.15) is 18.4 Å². The van der Waals surface area contributed by atoms with Gasteiger partial charge in [0.15, 0.2) is 0 Å². The summed E-state index contributed by atoms with van der Waals surface area (Å²) in [4.78, 5) is 9.24. The highest BCUT2D eigenvalue weighted by atomic mass is 15.2. The molecule has 1 unspecified atom stereocenters. The Labute approximate surface area is 110 Å². The lowest BCUT2D eigenvalue weighted by atomic mass is 10.2. The standard InChI is InChI=1S/C14H24N4/c1-15-9-12-6-7-14(16-10-12)18(3)11-13-5-4-8-17(13)2/h6-7,10,13,15H,4-5,8-9,11H2,1-3H3. The van der Waals surface area contributed by atoms with E-state index < -0.39 is 0 Å². The van der Waals surface area contributed by atoms with Crippen molar-refractivity contribution >= 4 is 5.82 Å². The van der Waals surface area contributed by atoms with Crippen LogP contribution in [0, 0.1) is 0 Å². The summed E-state index contributed by atoms with van der Waals surface area (Å²) in [6.45, 7) is 3.17. The number of pyridine rings is 1. The van der Waals surface area contributed by atoms with E-state index in [4.69, 9.17) is 0 Å². The minimum atomic E-state index is 0.675. The number of nitrogens with one attached hydrogen (secondary N) is 1. The van der Waals surface area contributed by atoms with Crippen LogP contribution in [-0.2, 0) is 6.54 Å². The highest BCUT2D eigenvalue weighted by Crippen LogP contribution is 2.18. The number of anilines is 1. The average molecular weight is 248 g/mol. The summed E-state index contributed by atoms with van der Waals surface area (Å²) in [6, 6.07) is 4.93. The number of aromatic nitrogens is 1. The fraction of sp³-hybridized carbons (Fsp3) is 0.643. The van der Waals surface area contributed by atoms with Gasteiger partial charge in [0.05, 0.1) is 0 Å². The molecule has 0 aliphatic carbocycles. The van der Waals surface area contributed by atoms with E-state index in [1.54, 1.807) is 0 Å². The summed E-state index contributed by atoms with van der Waals surface area (Å²) in [7, 11) is 6.30. The zero-order valence-corrected chi connectivity index (χ0v) is 11.7. The van der Waals surface area contributed by atoms with Crippen molar-refractivity contribution in [1.82, 2.24) is 15.2 Å². The molecule has 0 radical (unpaired) electrons. The third-order valence-corrected chi connectivity index (χ3v) is 3.74. The molecule has 1 saturated heterocycles. The highest BCUT2D eigenvalue weighted by Gasteiger charge is 2.22. The predicted octanol–water partition coefficient (Wildman–Crippen LogP) is 1.33. The second-order valence-electron chi connectivity index (χ2n) is 5.21. The Morgan fingerprint density at radius 3 is 2.89 bits per heavy atom. The molecular formula is C14H24N4. The SMILES string of the molecule is CNCc1ccc(N(C)CC2CCCN2C)nc1. The van der Waals surface area contributed by atoms with E-state index in [1.807, 2.05) is 13.2 Å². The first kappa shape index (κ1) is 13.3. The molecule has 100 valence electrons. The number of hydrogen-bond acceptors (Lipinski definition) is 4. The molecule has 0 bridgehead atoms. The Morgan fingerprint density at radius 2 is 2.33 bits per heavy atom. The van der Waals surface area contributed by atoms with E-state index in [-0.39, 0.29) is 0 Å². The Balaban J connectivity index is 1.93. The van der Waals surface area contributed by atoms with Gasteiger partial charge >= 0.3 is 0 Å². The van der Waals surface area contributed by atoms with Crippen molar-refractivity contribution in [2.75, 3.05) is 39.1 Å². The summed E-state index contributed by atoms with van der Waals surface area (Å²) in [5.41, 5.74) is 1.23. The minimum absolute atomic E-state index is 0.675. The second-order valence-corrected chi connectivity index (χ2v) is 5.21. The number of nitrogens with zero attached hydrogens (tertiary/aromatic N) is 3. The van der Waals surface area contributed by atoms with Gasteiger partial charge in [-0.2, -0.15) is 0 Å². The molecule has 1 fully saturated rings. The minimum Gasteiger partial charge on any atom is -0.358 e. The Hall–Kier alpha value is -1.13. The van der Waals surface area contributed by atoms with Crippen molar-refractivity contribution in [3.8, 4) is 0 Å². The monoisotopic (exact) mass is 248 g/mol. The van der Waals surface area contributed by atoms with Gasteiger partial charge < -0.3 is 15.1 Å². The largest absolute Gasteiger partial charge is 0.358 e. The molecule has 18 heavy (non-hydrogen) atoms. The van der Waals surface area contributed by atoms with Crippen LogP contribution in [0.25, 0.3) is 0 Å². The summed E-state index contributed by atoms with van der Waals surface area (Å²) in [6.07, 6.45) is 4.59. The number of likely N-dealkylation sites (N-methyl/N-ethyl adjacent to an activating group) is 2. The van der Waals surface area contributed by atoms with Crippen molar-refractivity contribution in [1.29, 1.82) is 0 Å². The molecule has 0 saturated carbocycles. The summed E-state index contributed by atoms with van der Waals surface area (Å²) in [5.74, 6) is 1.06. The van der Waals surface area contributed by atoms with Crippen molar-refractivity contribution in [3.63, 3.8) is 0 Å². The molecule has 1 aromatic rings. The summed E-state index contributed by atoms with van der Waals surface area (Å²) < 4.78 is 0. The zero-order valence-electron chi connectivity index (χ0n) is 11.7. The predicted molar refractivity (Wildman–Crippen MR) is 75.9 cm³/mol. The van der Waals surface area contributed by atoms with E-state index >= 15 is 0 Å². The first-order valence-corrected chi connectivity index (χ1v) is 6.71. The molecule has 1 aromatic heterocycles. The maximum Gasteiger partial charge on any atom is 0.128 e. The van der Waals surface area contributed by atoms with E-state index in [9.17, 15) is 0 Å². The topological polar surface area (TPSA) is 31.4 Å². The number of rotatable bonds is 5. The lowest BCUT2D eigenvalue weighted by Crippen LogP contribution is -2.36. The molecule has 2 heterocycles. The number of likely N-dealkylation sites (tertiary alicyclic amines) is 1. The molecule has 0 aromatic carbocycles. The molecule has 1 aliphatic rings. The van der Waals surface area contributed by atoms with Crippen molar-refractivity contribution in [3.05, 3.63) is 23.9 Å². The van der Waals surface area contributed by atoms with Gasteiger partial charge in [0, 0.05) is 32.4 Å². The third-order valence-electron chi connectivity index (χ3n) is 3.74. The summed E-state index contributed by atoms with van der Waals surface area (Å²) in [5, 5.41) is 3.14. The third kappa shape index (κ3) is 3.21. The van der Waals surface area contributed by atoms with Gasteiger partial charge in [0.2, 0.25) is 0 Å². The number of hydrogen-bond donors (Lipinski definition) is 1. The van der Waals surface area contributed by atoms with Crippen LogP contribution < -0.4 is 10.2 Å². The van der Waals surface area contributed by atoms with Crippen LogP contribution in [0.5, 0.6) is 0 Å². The van der Waals surface area contributed by atoms with E-state index in [2.05, 4.69) is 46.3 Å². The lowest BCUT2D eigenvalue weighted by Gasteiger charge is -2.26. The molecule has 2 rings (SSSR count). The molecule has 1 aliphatic heterocycles. The molecule has 4 nitrogen and oxygen atoms in total. The van der Waals surface area contributed by atoms with Crippen molar-refractivity contribution in [2.24, 2.45) is 0 Å². The van der Waals surface area contributed by atoms with E-state index in [1.165, 1.54) is 24.9 Å². The van der Waals surface area contributed by atoms with Crippen LogP contribution in [0.2, 0.25) is 0 Å². The second kappa shape index (κ2) is 6.16. The van der Waals surface area contributed by atoms with Gasteiger partial charge in [-0.15, -0.1) is 0 Å².